The zero-order valence-electron chi connectivity index (χ0n) is 10.1. The fourth-order valence-corrected chi connectivity index (χ4v) is 1.95. The minimum absolute atomic E-state index is 0.0228. The number of rotatable bonds is 3. The molecule has 0 amide bonds. The van der Waals surface area contributed by atoms with E-state index in [2.05, 4.69) is 10.1 Å². The summed E-state index contributed by atoms with van der Waals surface area (Å²) >= 11 is 11.8. The van der Waals surface area contributed by atoms with Crippen molar-refractivity contribution in [2.24, 2.45) is 10.9 Å². The first-order valence-electron chi connectivity index (χ1n) is 5.49. The van der Waals surface area contributed by atoms with Gasteiger partial charge in [-0.3, -0.25) is 4.98 Å². The van der Waals surface area contributed by atoms with Crippen LogP contribution in [0, 0.1) is 0 Å². The highest BCUT2D eigenvalue weighted by Crippen LogP contribution is 2.24. The normalized spacial score (nSPS) is 11.2. The molecule has 1 heterocycles. The van der Waals surface area contributed by atoms with Crippen LogP contribution in [-0.2, 0) is 4.84 Å². The molecule has 1 aromatic heterocycles. The van der Waals surface area contributed by atoms with Crippen molar-refractivity contribution in [3.63, 3.8) is 0 Å². The molecule has 0 aliphatic heterocycles. The SMILES string of the molecule is N/C(=N/OC(=O)c1c(Cl)cccc1Cl)c1cccnc1. The van der Waals surface area contributed by atoms with Crippen molar-refractivity contribution >= 4 is 35.0 Å². The summed E-state index contributed by atoms with van der Waals surface area (Å²) in [6.07, 6.45) is 3.08. The van der Waals surface area contributed by atoms with Crippen LogP contribution in [0.3, 0.4) is 0 Å². The van der Waals surface area contributed by atoms with Gasteiger partial charge >= 0.3 is 5.97 Å². The van der Waals surface area contributed by atoms with E-state index in [0.717, 1.165) is 0 Å². The lowest BCUT2D eigenvalue weighted by molar-refractivity contribution is 0.0516. The van der Waals surface area contributed by atoms with Crippen molar-refractivity contribution < 1.29 is 9.63 Å². The lowest BCUT2D eigenvalue weighted by Crippen LogP contribution is -2.15. The van der Waals surface area contributed by atoms with Crippen molar-refractivity contribution in [1.82, 2.24) is 4.98 Å². The average molecular weight is 310 g/mol. The highest BCUT2D eigenvalue weighted by atomic mass is 35.5. The van der Waals surface area contributed by atoms with Gasteiger partial charge in [-0.15, -0.1) is 0 Å². The number of nitrogens with zero attached hydrogens (tertiary/aromatic N) is 2. The quantitative estimate of drug-likeness (QED) is 0.409. The Hall–Kier alpha value is -2.11. The third-order valence-corrected chi connectivity index (χ3v) is 2.98. The highest BCUT2D eigenvalue weighted by molar-refractivity contribution is 6.39. The molecule has 0 radical (unpaired) electrons. The van der Waals surface area contributed by atoms with Gasteiger partial charge in [0.05, 0.1) is 15.6 Å². The zero-order chi connectivity index (χ0) is 14.5. The third kappa shape index (κ3) is 3.26. The standard InChI is InChI=1S/C13H9Cl2N3O2/c14-9-4-1-5-10(15)11(9)13(19)20-18-12(16)8-3-2-6-17-7-8/h1-7H,(H2,16,18). The summed E-state index contributed by atoms with van der Waals surface area (Å²) in [5.74, 6) is -0.762. The van der Waals surface area contributed by atoms with Crippen molar-refractivity contribution in [3.05, 3.63) is 63.9 Å². The molecule has 0 aliphatic rings. The topological polar surface area (TPSA) is 77.6 Å². The Kier molecular flexibility index (Phi) is 4.55. The van der Waals surface area contributed by atoms with Crippen LogP contribution in [0.2, 0.25) is 10.0 Å². The molecule has 7 heteroatoms. The van der Waals surface area contributed by atoms with E-state index in [9.17, 15) is 4.79 Å². The summed E-state index contributed by atoms with van der Waals surface area (Å²) in [6.45, 7) is 0. The van der Waals surface area contributed by atoms with E-state index in [1.165, 1.54) is 18.3 Å². The Balaban J connectivity index is 2.17. The smallest absolute Gasteiger partial charge is 0.368 e. The van der Waals surface area contributed by atoms with E-state index >= 15 is 0 Å². The molecule has 2 N–H and O–H groups in total. The molecule has 102 valence electrons. The van der Waals surface area contributed by atoms with Crippen molar-refractivity contribution in [2.75, 3.05) is 0 Å². The van der Waals surface area contributed by atoms with Crippen LogP contribution in [0.15, 0.2) is 47.9 Å². The molecule has 2 aromatic rings. The summed E-state index contributed by atoms with van der Waals surface area (Å²) in [5, 5.41) is 3.90. The first-order valence-corrected chi connectivity index (χ1v) is 6.24. The second-order valence-corrected chi connectivity index (χ2v) is 4.51. The maximum Gasteiger partial charge on any atom is 0.368 e. The second-order valence-electron chi connectivity index (χ2n) is 3.69. The van der Waals surface area contributed by atoms with Crippen molar-refractivity contribution in [3.8, 4) is 0 Å². The van der Waals surface area contributed by atoms with Gasteiger partial charge in [-0.2, -0.15) is 0 Å². The molecule has 0 saturated heterocycles. The van der Waals surface area contributed by atoms with Gasteiger partial charge in [0.1, 0.15) is 0 Å². The number of benzene rings is 1. The molecule has 0 atom stereocenters. The van der Waals surface area contributed by atoms with Crippen molar-refractivity contribution in [2.45, 2.75) is 0 Å². The molecule has 0 saturated carbocycles. The van der Waals surface area contributed by atoms with E-state index in [4.69, 9.17) is 33.8 Å². The first-order chi connectivity index (χ1) is 9.59. The molecule has 0 fully saturated rings. The average Bonchev–Trinajstić information content (AvgIpc) is 2.45. The molecular formula is C13H9Cl2N3O2. The molecule has 1 aromatic carbocycles. The van der Waals surface area contributed by atoms with Crippen LogP contribution in [-0.4, -0.2) is 16.8 Å². The maximum atomic E-state index is 11.9. The number of oxime groups is 1. The molecule has 2 rings (SSSR count). The number of nitrogens with two attached hydrogens (primary N) is 1. The molecule has 0 spiro atoms. The lowest BCUT2D eigenvalue weighted by atomic mass is 10.2. The zero-order valence-corrected chi connectivity index (χ0v) is 11.6. The van der Waals surface area contributed by atoms with E-state index in [0.29, 0.717) is 5.56 Å². The number of hydrogen-bond acceptors (Lipinski definition) is 4. The first kappa shape index (κ1) is 14.3. The summed E-state index contributed by atoms with van der Waals surface area (Å²) in [7, 11) is 0. The number of carbonyl (C=O) groups is 1. The van der Waals surface area contributed by atoms with Crippen LogP contribution in [0.4, 0.5) is 0 Å². The minimum Gasteiger partial charge on any atom is -0.380 e. The summed E-state index contributed by atoms with van der Waals surface area (Å²) < 4.78 is 0. The Morgan fingerprint density at radius 1 is 1.20 bits per heavy atom. The highest BCUT2D eigenvalue weighted by Gasteiger charge is 2.16. The molecular weight excluding hydrogens is 301 g/mol. The van der Waals surface area contributed by atoms with Crippen LogP contribution >= 0.6 is 23.2 Å². The fraction of sp³-hybridized carbons (Fsp3) is 0. The van der Waals surface area contributed by atoms with Crippen LogP contribution in [0.5, 0.6) is 0 Å². The van der Waals surface area contributed by atoms with Gasteiger partial charge in [-0.1, -0.05) is 34.4 Å². The molecule has 20 heavy (non-hydrogen) atoms. The largest absolute Gasteiger partial charge is 0.380 e. The predicted molar refractivity (Wildman–Crippen MR) is 76.8 cm³/mol. The number of amidine groups is 1. The molecule has 0 aliphatic carbocycles. The molecule has 0 unspecified atom stereocenters. The van der Waals surface area contributed by atoms with Gasteiger partial charge in [0.25, 0.3) is 0 Å². The molecule has 0 bridgehead atoms. The summed E-state index contributed by atoms with van der Waals surface area (Å²) in [5.41, 5.74) is 6.24. The lowest BCUT2D eigenvalue weighted by Gasteiger charge is -2.04. The number of pyridine rings is 1. The van der Waals surface area contributed by atoms with E-state index in [1.54, 1.807) is 24.4 Å². The number of hydrogen-bond donors (Lipinski definition) is 1. The van der Waals surface area contributed by atoms with Gasteiger partial charge in [0, 0.05) is 18.0 Å². The van der Waals surface area contributed by atoms with Gasteiger partial charge < -0.3 is 10.6 Å². The van der Waals surface area contributed by atoms with Gasteiger partial charge in [0.15, 0.2) is 5.84 Å². The van der Waals surface area contributed by atoms with E-state index in [1.807, 2.05) is 0 Å². The van der Waals surface area contributed by atoms with Gasteiger partial charge in [-0.25, -0.2) is 4.79 Å². The third-order valence-electron chi connectivity index (χ3n) is 2.35. The maximum absolute atomic E-state index is 11.9. The van der Waals surface area contributed by atoms with Gasteiger partial charge in [0.2, 0.25) is 0 Å². The van der Waals surface area contributed by atoms with Crippen LogP contribution in [0.1, 0.15) is 15.9 Å². The minimum atomic E-state index is -0.785. The van der Waals surface area contributed by atoms with E-state index in [-0.39, 0.29) is 21.4 Å². The predicted octanol–water partition coefficient (Wildman–Crippen LogP) is 2.87. The monoisotopic (exact) mass is 309 g/mol. The Morgan fingerprint density at radius 2 is 1.90 bits per heavy atom. The Bertz CT molecular complexity index is 640. The number of halogens is 2. The fourth-order valence-electron chi connectivity index (χ4n) is 1.40. The number of aromatic nitrogens is 1. The van der Waals surface area contributed by atoms with Crippen LogP contribution < -0.4 is 5.73 Å². The van der Waals surface area contributed by atoms with Crippen LogP contribution in [0.25, 0.3) is 0 Å². The Labute approximate surface area is 125 Å². The summed E-state index contributed by atoms with van der Waals surface area (Å²) in [4.78, 5) is 20.5. The van der Waals surface area contributed by atoms with Crippen molar-refractivity contribution in [1.29, 1.82) is 0 Å². The molecule has 5 nitrogen and oxygen atoms in total. The van der Waals surface area contributed by atoms with E-state index < -0.39 is 5.97 Å². The number of carbonyl (C=O) groups excluding carboxylic acids is 1. The second kappa shape index (κ2) is 6.36. The summed E-state index contributed by atoms with van der Waals surface area (Å²) in [6, 6.07) is 8.04. The van der Waals surface area contributed by atoms with Gasteiger partial charge in [-0.05, 0) is 24.3 Å². The Morgan fingerprint density at radius 3 is 2.50 bits per heavy atom.